The highest BCUT2D eigenvalue weighted by atomic mass is 79.9. The summed E-state index contributed by atoms with van der Waals surface area (Å²) < 4.78 is 6.29. The zero-order valence-corrected chi connectivity index (χ0v) is 14.2. The summed E-state index contributed by atoms with van der Waals surface area (Å²) >= 11 is 15.7. The Bertz CT molecular complexity index is 619. The predicted molar refractivity (Wildman–Crippen MR) is 88.1 cm³/mol. The average molecular weight is 375 g/mol. The second-order valence-corrected chi connectivity index (χ2v) is 5.95. The normalized spacial score (nSPS) is 12.2. The summed E-state index contributed by atoms with van der Waals surface area (Å²) in [5, 5.41) is 4.38. The number of hydrogen-bond donors (Lipinski definition) is 1. The van der Waals surface area contributed by atoms with Gasteiger partial charge in [0.2, 0.25) is 0 Å². The summed E-state index contributed by atoms with van der Waals surface area (Å²) in [4.78, 5) is 0. The number of ether oxygens (including phenoxy) is 1. The molecule has 2 rings (SSSR count). The van der Waals surface area contributed by atoms with Gasteiger partial charge in [-0.25, -0.2) is 0 Å². The minimum atomic E-state index is -0.00533. The standard InChI is InChI=1S/C15H14BrCl2NO/c1-19-15(9-3-6-13(17)14(18)7-9)11-8-10(20-2)4-5-12(11)16/h3-8,15,19H,1-2H3. The number of halogens is 3. The van der Waals surface area contributed by atoms with Gasteiger partial charge in [0, 0.05) is 4.47 Å². The lowest BCUT2D eigenvalue weighted by atomic mass is 9.98. The molecule has 0 heterocycles. The van der Waals surface area contributed by atoms with E-state index in [9.17, 15) is 0 Å². The van der Waals surface area contributed by atoms with Crippen LogP contribution in [-0.4, -0.2) is 14.2 Å². The van der Waals surface area contributed by atoms with Crippen molar-refractivity contribution in [1.82, 2.24) is 5.32 Å². The van der Waals surface area contributed by atoms with E-state index in [-0.39, 0.29) is 6.04 Å². The molecule has 20 heavy (non-hydrogen) atoms. The molecule has 0 aliphatic heterocycles. The Kier molecular flexibility index (Phi) is 5.33. The zero-order valence-electron chi connectivity index (χ0n) is 11.1. The number of hydrogen-bond acceptors (Lipinski definition) is 2. The van der Waals surface area contributed by atoms with Crippen molar-refractivity contribution >= 4 is 39.1 Å². The van der Waals surface area contributed by atoms with E-state index in [1.807, 2.05) is 37.4 Å². The second kappa shape index (κ2) is 6.81. The van der Waals surface area contributed by atoms with Crippen LogP contribution in [0.3, 0.4) is 0 Å². The van der Waals surface area contributed by atoms with E-state index in [1.54, 1.807) is 13.2 Å². The van der Waals surface area contributed by atoms with Crippen LogP contribution in [0.5, 0.6) is 5.75 Å². The van der Waals surface area contributed by atoms with Crippen LogP contribution in [0.2, 0.25) is 10.0 Å². The fourth-order valence-corrected chi connectivity index (χ4v) is 2.85. The smallest absolute Gasteiger partial charge is 0.119 e. The molecule has 2 nitrogen and oxygen atoms in total. The molecule has 0 fully saturated rings. The molecular weight excluding hydrogens is 361 g/mol. The topological polar surface area (TPSA) is 21.3 Å². The fraction of sp³-hybridized carbons (Fsp3) is 0.200. The van der Waals surface area contributed by atoms with E-state index >= 15 is 0 Å². The van der Waals surface area contributed by atoms with E-state index in [4.69, 9.17) is 27.9 Å². The number of nitrogens with one attached hydrogen (secondary N) is 1. The van der Waals surface area contributed by atoms with Gasteiger partial charge in [-0.1, -0.05) is 45.2 Å². The first-order valence-electron chi connectivity index (χ1n) is 6.02. The maximum absolute atomic E-state index is 6.10. The molecule has 0 aromatic heterocycles. The quantitative estimate of drug-likeness (QED) is 0.806. The highest BCUT2D eigenvalue weighted by Crippen LogP contribution is 2.33. The molecule has 0 amide bonds. The largest absolute Gasteiger partial charge is 0.497 e. The lowest BCUT2D eigenvalue weighted by Crippen LogP contribution is -2.18. The van der Waals surface area contributed by atoms with Crippen molar-refractivity contribution in [3.8, 4) is 5.75 Å². The summed E-state index contributed by atoms with van der Waals surface area (Å²) in [5.74, 6) is 0.809. The van der Waals surface area contributed by atoms with Crippen molar-refractivity contribution in [2.45, 2.75) is 6.04 Å². The molecule has 5 heteroatoms. The molecule has 2 aromatic rings. The van der Waals surface area contributed by atoms with Crippen LogP contribution in [0, 0.1) is 0 Å². The first-order chi connectivity index (χ1) is 9.56. The lowest BCUT2D eigenvalue weighted by Gasteiger charge is -2.20. The van der Waals surface area contributed by atoms with Crippen molar-refractivity contribution in [1.29, 1.82) is 0 Å². The average Bonchev–Trinajstić information content (AvgIpc) is 2.45. The van der Waals surface area contributed by atoms with Gasteiger partial charge in [0.05, 0.1) is 23.2 Å². The van der Waals surface area contributed by atoms with Crippen molar-refractivity contribution in [2.75, 3.05) is 14.2 Å². The monoisotopic (exact) mass is 373 g/mol. The minimum Gasteiger partial charge on any atom is -0.497 e. The molecule has 0 bridgehead atoms. The molecule has 0 saturated carbocycles. The molecule has 2 aromatic carbocycles. The zero-order chi connectivity index (χ0) is 14.7. The van der Waals surface area contributed by atoms with Crippen molar-refractivity contribution in [3.63, 3.8) is 0 Å². The van der Waals surface area contributed by atoms with Crippen LogP contribution in [0.1, 0.15) is 17.2 Å². The Balaban J connectivity index is 2.48. The molecule has 0 radical (unpaired) electrons. The van der Waals surface area contributed by atoms with Gasteiger partial charge < -0.3 is 10.1 Å². The fourth-order valence-electron chi connectivity index (χ4n) is 2.06. The van der Waals surface area contributed by atoms with Crippen LogP contribution in [0.15, 0.2) is 40.9 Å². The van der Waals surface area contributed by atoms with Gasteiger partial charge in [0.25, 0.3) is 0 Å². The Morgan fingerprint density at radius 1 is 1.10 bits per heavy atom. The highest BCUT2D eigenvalue weighted by molar-refractivity contribution is 9.10. The number of methoxy groups -OCH3 is 1. The molecule has 0 aliphatic rings. The van der Waals surface area contributed by atoms with Gasteiger partial charge in [-0.05, 0) is 48.5 Å². The molecular formula is C15H14BrCl2NO. The molecule has 0 aliphatic carbocycles. The van der Waals surface area contributed by atoms with Gasteiger partial charge in [0.1, 0.15) is 5.75 Å². The van der Waals surface area contributed by atoms with E-state index < -0.39 is 0 Å². The predicted octanol–water partition coefficient (Wildman–Crippen LogP) is 5.07. The van der Waals surface area contributed by atoms with Gasteiger partial charge in [-0.15, -0.1) is 0 Å². The van der Waals surface area contributed by atoms with Crippen LogP contribution >= 0.6 is 39.1 Å². The van der Waals surface area contributed by atoms with E-state index in [0.29, 0.717) is 10.0 Å². The summed E-state index contributed by atoms with van der Waals surface area (Å²) in [6.07, 6.45) is 0. The third kappa shape index (κ3) is 3.29. The van der Waals surface area contributed by atoms with Gasteiger partial charge in [0.15, 0.2) is 0 Å². The Morgan fingerprint density at radius 3 is 2.45 bits per heavy atom. The highest BCUT2D eigenvalue weighted by Gasteiger charge is 2.17. The van der Waals surface area contributed by atoms with Crippen molar-refractivity contribution < 1.29 is 4.74 Å². The van der Waals surface area contributed by atoms with Gasteiger partial charge in [-0.2, -0.15) is 0 Å². The van der Waals surface area contributed by atoms with E-state index in [2.05, 4.69) is 21.2 Å². The number of rotatable bonds is 4. The third-order valence-corrected chi connectivity index (χ3v) is 4.54. The Labute approximate surface area is 137 Å². The van der Waals surface area contributed by atoms with Gasteiger partial charge >= 0.3 is 0 Å². The van der Waals surface area contributed by atoms with E-state index in [0.717, 1.165) is 21.3 Å². The first-order valence-corrected chi connectivity index (χ1v) is 7.57. The SMILES string of the molecule is CNC(c1ccc(Cl)c(Cl)c1)c1cc(OC)ccc1Br. The third-order valence-electron chi connectivity index (χ3n) is 3.08. The van der Waals surface area contributed by atoms with Crippen LogP contribution in [-0.2, 0) is 0 Å². The summed E-state index contributed by atoms with van der Waals surface area (Å²) in [7, 11) is 3.56. The molecule has 106 valence electrons. The molecule has 0 spiro atoms. The summed E-state index contributed by atoms with van der Waals surface area (Å²) in [6.45, 7) is 0. The van der Waals surface area contributed by atoms with Crippen molar-refractivity contribution in [2.24, 2.45) is 0 Å². The van der Waals surface area contributed by atoms with Gasteiger partial charge in [-0.3, -0.25) is 0 Å². The number of benzene rings is 2. The second-order valence-electron chi connectivity index (χ2n) is 4.28. The Hall–Kier alpha value is -0.740. The Morgan fingerprint density at radius 2 is 1.85 bits per heavy atom. The molecule has 1 atom stereocenters. The van der Waals surface area contributed by atoms with Crippen LogP contribution in [0.25, 0.3) is 0 Å². The molecule has 0 saturated heterocycles. The maximum atomic E-state index is 6.10. The maximum Gasteiger partial charge on any atom is 0.119 e. The first kappa shape index (κ1) is 15.6. The lowest BCUT2D eigenvalue weighted by molar-refractivity contribution is 0.413. The molecule has 1 unspecified atom stereocenters. The van der Waals surface area contributed by atoms with Crippen LogP contribution < -0.4 is 10.1 Å². The summed E-state index contributed by atoms with van der Waals surface area (Å²) in [6, 6.07) is 11.5. The van der Waals surface area contributed by atoms with E-state index in [1.165, 1.54) is 0 Å². The van der Waals surface area contributed by atoms with Crippen molar-refractivity contribution in [3.05, 3.63) is 62.0 Å². The molecule has 1 N–H and O–H groups in total. The summed E-state index contributed by atoms with van der Waals surface area (Å²) in [5.41, 5.74) is 2.11. The van der Waals surface area contributed by atoms with Crippen LogP contribution in [0.4, 0.5) is 0 Å². The minimum absolute atomic E-state index is 0.00533.